The van der Waals surface area contributed by atoms with Gasteiger partial charge in [0.15, 0.2) is 9.84 Å². The number of nitrogens with one attached hydrogen (secondary N) is 1. The minimum absolute atomic E-state index is 0.0830. The maximum Gasteiger partial charge on any atom is 0.410 e. The van der Waals surface area contributed by atoms with Crippen LogP contribution >= 0.6 is 0 Å². The molecule has 38 heavy (non-hydrogen) atoms. The van der Waals surface area contributed by atoms with Gasteiger partial charge in [-0.05, 0) is 57.5 Å². The van der Waals surface area contributed by atoms with Crippen LogP contribution in [0.25, 0.3) is 0 Å². The first-order valence-corrected chi connectivity index (χ1v) is 13.9. The summed E-state index contributed by atoms with van der Waals surface area (Å²) in [5.41, 5.74) is 1.65. The maximum absolute atomic E-state index is 16.0. The molecule has 0 radical (unpaired) electrons. The predicted molar refractivity (Wildman–Crippen MR) is 137 cm³/mol. The zero-order valence-electron chi connectivity index (χ0n) is 21.5. The number of amidine groups is 1. The molecule has 0 bridgehead atoms. The second-order valence-electron chi connectivity index (χ2n) is 10.4. The molecule has 2 saturated heterocycles. The molecule has 1 aromatic rings. The molecule has 1 aromatic carbocycles. The Morgan fingerprint density at radius 3 is 2.61 bits per heavy atom. The van der Waals surface area contributed by atoms with Crippen molar-refractivity contribution in [1.82, 2.24) is 15.3 Å². The SMILES string of the molecule is CC(C)(C)OC(=O)N1CC[C@](CC#N)(N2NC(=Nc3ccc(S(C)(=O)=O)cc3)C3C(=O)N=CC=C32)[C@H](F)C1. The van der Waals surface area contributed by atoms with Crippen LogP contribution in [0.4, 0.5) is 14.9 Å². The number of nitriles is 1. The number of alkyl halides is 1. The van der Waals surface area contributed by atoms with Crippen LogP contribution in [-0.4, -0.2) is 79.0 Å². The number of likely N-dealkylation sites (tertiary alicyclic amines) is 1. The molecule has 0 saturated carbocycles. The third-order valence-electron chi connectivity index (χ3n) is 6.52. The molecule has 202 valence electrons. The van der Waals surface area contributed by atoms with Crippen molar-refractivity contribution < 1.29 is 27.1 Å². The summed E-state index contributed by atoms with van der Waals surface area (Å²) in [6.07, 6.45) is 1.53. The Balaban J connectivity index is 1.67. The highest BCUT2D eigenvalue weighted by Gasteiger charge is 2.55. The van der Waals surface area contributed by atoms with Crippen LogP contribution in [0.15, 0.2) is 50.9 Å². The number of allylic oxidation sites excluding steroid dienone is 1. The second kappa shape index (κ2) is 9.83. The van der Waals surface area contributed by atoms with Crippen LogP contribution in [-0.2, 0) is 19.4 Å². The van der Waals surface area contributed by atoms with Gasteiger partial charge in [-0.15, -0.1) is 0 Å². The number of aliphatic imine (C=N–C) groups is 2. The van der Waals surface area contributed by atoms with E-state index in [1.165, 1.54) is 40.4 Å². The number of hydrazine groups is 1. The largest absolute Gasteiger partial charge is 0.444 e. The number of hydrogen-bond acceptors (Lipinski definition) is 8. The number of fused-ring (bicyclic) bond motifs is 1. The van der Waals surface area contributed by atoms with Crippen LogP contribution in [0.5, 0.6) is 0 Å². The Kier molecular flexibility index (Phi) is 7.05. The van der Waals surface area contributed by atoms with E-state index in [2.05, 4.69) is 21.5 Å². The fourth-order valence-corrected chi connectivity index (χ4v) is 5.28. The molecule has 3 aliphatic heterocycles. The van der Waals surface area contributed by atoms with Crippen molar-refractivity contribution in [2.24, 2.45) is 15.9 Å². The van der Waals surface area contributed by atoms with E-state index in [0.717, 1.165) is 6.26 Å². The lowest BCUT2D eigenvalue weighted by Crippen LogP contribution is -2.65. The van der Waals surface area contributed by atoms with Gasteiger partial charge in [0.05, 0.1) is 35.3 Å². The van der Waals surface area contributed by atoms with Crippen molar-refractivity contribution >= 4 is 39.6 Å². The molecule has 4 rings (SSSR count). The fraction of sp³-hybridized carbons (Fsp3) is 0.480. The van der Waals surface area contributed by atoms with E-state index in [9.17, 15) is 23.3 Å². The third kappa shape index (κ3) is 5.26. The number of rotatable bonds is 4. The molecule has 0 aliphatic carbocycles. The average Bonchev–Trinajstić information content (AvgIpc) is 3.19. The normalized spacial score (nSPS) is 26.5. The van der Waals surface area contributed by atoms with Crippen molar-refractivity contribution in [3.63, 3.8) is 0 Å². The molecule has 1 unspecified atom stereocenters. The lowest BCUT2D eigenvalue weighted by Gasteiger charge is -2.49. The zero-order valence-corrected chi connectivity index (χ0v) is 22.3. The molecule has 3 atom stereocenters. The van der Waals surface area contributed by atoms with E-state index in [4.69, 9.17) is 4.74 Å². The standard InChI is InChI=1S/C25H29FN6O5S/c1-24(2,3)37-23(34)31-14-11-25(10-12-27,19(26)15-31)32-18-9-13-28-22(33)20(18)21(30-32)29-16-5-7-17(8-6-16)38(4,35)36/h5-9,13,19-20H,10-11,14-15H2,1-4H3,(H,29,30)/t19-,20?,25+/m1/s1. The van der Waals surface area contributed by atoms with Crippen LogP contribution in [0.1, 0.15) is 33.6 Å². The van der Waals surface area contributed by atoms with Crippen molar-refractivity contribution in [1.29, 1.82) is 5.26 Å². The molecule has 1 N–H and O–H groups in total. The average molecular weight is 545 g/mol. The molecule has 11 nitrogen and oxygen atoms in total. The van der Waals surface area contributed by atoms with Crippen molar-refractivity contribution in [3.8, 4) is 6.07 Å². The van der Waals surface area contributed by atoms with Gasteiger partial charge in [-0.1, -0.05) is 0 Å². The minimum Gasteiger partial charge on any atom is -0.444 e. The van der Waals surface area contributed by atoms with E-state index in [1.807, 2.05) is 0 Å². The van der Waals surface area contributed by atoms with Gasteiger partial charge in [0.25, 0.3) is 5.91 Å². The number of benzene rings is 1. The molecule has 0 spiro atoms. The smallest absolute Gasteiger partial charge is 0.410 e. The summed E-state index contributed by atoms with van der Waals surface area (Å²) < 4.78 is 45.0. The first-order valence-electron chi connectivity index (χ1n) is 12.0. The molecule has 3 aliphatic rings. The van der Waals surface area contributed by atoms with Crippen LogP contribution in [0.2, 0.25) is 0 Å². The van der Waals surface area contributed by atoms with Crippen molar-refractivity contribution in [2.45, 2.75) is 55.8 Å². The Labute approximate surface area is 220 Å². The van der Waals surface area contributed by atoms with Gasteiger partial charge < -0.3 is 9.64 Å². The molecular formula is C25H29FN6O5S. The predicted octanol–water partition coefficient (Wildman–Crippen LogP) is 2.68. The number of ether oxygens (including phenoxy) is 1. The van der Waals surface area contributed by atoms with Crippen molar-refractivity contribution in [2.75, 3.05) is 19.3 Å². The van der Waals surface area contributed by atoms with Gasteiger partial charge in [0.2, 0.25) is 0 Å². The number of piperidine rings is 1. The molecular weight excluding hydrogens is 515 g/mol. The van der Waals surface area contributed by atoms with Gasteiger partial charge in [-0.2, -0.15) is 5.26 Å². The van der Waals surface area contributed by atoms with Gasteiger partial charge in [0.1, 0.15) is 29.1 Å². The number of carbonyl (C=O) groups excluding carboxylic acids is 2. The molecule has 3 heterocycles. The maximum atomic E-state index is 16.0. The number of carbonyl (C=O) groups is 2. The Morgan fingerprint density at radius 1 is 1.34 bits per heavy atom. The number of halogens is 1. The summed E-state index contributed by atoms with van der Waals surface area (Å²) in [6.45, 7) is 5.00. The van der Waals surface area contributed by atoms with Crippen LogP contribution in [0.3, 0.4) is 0 Å². The summed E-state index contributed by atoms with van der Waals surface area (Å²) in [7, 11) is -3.40. The van der Waals surface area contributed by atoms with Gasteiger partial charge in [-0.3, -0.25) is 15.2 Å². The first kappa shape index (κ1) is 27.3. The first-order chi connectivity index (χ1) is 17.7. The van der Waals surface area contributed by atoms with E-state index >= 15 is 4.39 Å². The molecule has 0 aromatic heterocycles. The summed E-state index contributed by atoms with van der Waals surface area (Å²) in [6, 6.07) is 7.86. The number of amides is 2. The van der Waals surface area contributed by atoms with Crippen LogP contribution in [0, 0.1) is 17.2 Å². The van der Waals surface area contributed by atoms with Gasteiger partial charge in [0, 0.05) is 19.0 Å². The highest BCUT2D eigenvalue weighted by molar-refractivity contribution is 7.90. The molecule has 2 amide bonds. The Bertz CT molecular complexity index is 1380. The quantitative estimate of drug-likeness (QED) is 0.609. The van der Waals surface area contributed by atoms with E-state index in [0.29, 0.717) is 11.4 Å². The fourth-order valence-electron chi connectivity index (χ4n) is 4.65. The van der Waals surface area contributed by atoms with E-state index < -0.39 is 45.1 Å². The van der Waals surface area contributed by atoms with Crippen LogP contribution < -0.4 is 5.43 Å². The monoisotopic (exact) mass is 544 g/mol. The van der Waals surface area contributed by atoms with E-state index in [-0.39, 0.29) is 36.7 Å². The second-order valence-corrected chi connectivity index (χ2v) is 12.4. The lowest BCUT2D eigenvalue weighted by atomic mass is 9.81. The Hall–Kier alpha value is -3.79. The highest BCUT2D eigenvalue weighted by atomic mass is 32.2. The number of hydrogen-bond donors (Lipinski definition) is 1. The summed E-state index contributed by atoms with van der Waals surface area (Å²) >= 11 is 0. The topological polar surface area (TPSA) is 145 Å². The summed E-state index contributed by atoms with van der Waals surface area (Å²) in [4.78, 5) is 35.1. The minimum atomic E-state index is -3.40. The van der Waals surface area contributed by atoms with Gasteiger partial charge >= 0.3 is 6.09 Å². The summed E-state index contributed by atoms with van der Waals surface area (Å²) in [5, 5.41) is 11.1. The number of dihydropyridines is 1. The zero-order chi connectivity index (χ0) is 27.9. The number of nitrogens with zero attached hydrogens (tertiary/aromatic N) is 5. The Morgan fingerprint density at radius 2 is 2.03 bits per heavy atom. The lowest BCUT2D eigenvalue weighted by molar-refractivity contribution is -0.119. The molecule has 2 fully saturated rings. The van der Waals surface area contributed by atoms with Gasteiger partial charge in [-0.25, -0.2) is 27.6 Å². The van der Waals surface area contributed by atoms with Crippen molar-refractivity contribution in [3.05, 3.63) is 36.0 Å². The number of sulfone groups is 1. The highest BCUT2D eigenvalue weighted by Crippen LogP contribution is 2.41. The van der Waals surface area contributed by atoms with E-state index in [1.54, 1.807) is 26.8 Å². The summed E-state index contributed by atoms with van der Waals surface area (Å²) in [5.74, 6) is -1.30. The molecule has 13 heteroatoms. The third-order valence-corrected chi connectivity index (χ3v) is 7.65.